The predicted molar refractivity (Wildman–Crippen MR) is 93.4 cm³/mol. The van der Waals surface area contributed by atoms with Crippen LogP contribution in [0.2, 0.25) is 5.02 Å². The molecule has 0 spiro atoms. The number of aromatic amines is 1. The van der Waals surface area contributed by atoms with Gasteiger partial charge in [-0.05, 0) is 31.0 Å². The molecule has 0 atom stereocenters. The molecule has 7 nitrogen and oxygen atoms in total. The number of hydrogen-bond donors (Lipinski definition) is 1. The van der Waals surface area contributed by atoms with E-state index in [0.29, 0.717) is 28.7 Å². The molecule has 1 aliphatic heterocycles. The number of rotatable bonds is 1. The molecule has 0 fully saturated rings. The summed E-state index contributed by atoms with van der Waals surface area (Å²) < 4.78 is 3.24. The predicted octanol–water partition coefficient (Wildman–Crippen LogP) is 1.93. The molecule has 0 saturated carbocycles. The standard InChI is InChI=1S/C16H16ClN5O2/c1-9-10(17)5-3-6-11(9)21-7-4-8-22-12-13(18-15(21)22)20(2)16(24)19-14(12)23/h3,5-6H,4,7-8H2,1-2H3,(H,19,23,24). The molecule has 0 radical (unpaired) electrons. The Morgan fingerprint density at radius 1 is 1.25 bits per heavy atom. The molecule has 2 aromatic heterocycles. The van der Waals surface area contributed by atoms with Gasteiger partial charge in [0.2, 0.25) is 5.95 Å². The number of nitrogens with zero attached hydrogens (tertiary/aromatic N) is 4. The Kier molecular flexibility index (Phi) is 3.28. The van der Waals surface area contributed by atoms with E-state index in [0.717, 1.165) is 24.2 Å². The lowest BCUT2D eigenvalue weighted by atomic mass is 10.1. The molecule has 0 bridgehead atoms. The maximum atomic E-state index is 12.3. The van der Waals surface area contributed by atoms with Gasteiger partial charge in [0.1, 0.15) is 0 Å². The van der Waals surface area contributed by atoms with E-state index in [1.54, 1.807) is 7.05 Å². The first-order chi connectivity index (χ1) is 11.5. The zero-order valence-electron chi connectivity index (χ0n) is 13.3. The summed E-state index contributed by atoms with van der Waals surface area (Å²) in [6.45, 7) is 3.42. The summed E-state index contributed by atoms with van der Waals surface area (Å²) in [5, 5.41) is 0.686. The number of aromatic nitrogens is 4. The highest BCUT2D eigenvalue weighted by molar-refractivity contribution is 6.31. The Hall–Kier alpha value is -2.54. The zero-order chi connectivity index (χ0) is 17.0. The van der Waals surface area contributed by atoms with Gasteiger partial charge in [-0.25, -0.2) is 4.79 Å². The van der Waals surface area contributed by atoms with Gasteiger partial charge in [0.05, 0.1) is 0 Å². The first-order valence-electron chi connectivity index (χ1n) is 7.71. The van der Waals surface area contributed by atoms with Gasteiger partial charge >= 0.3 is 5.69 Å². The lowest BCUT2D eigenvalue weighted by Crippen LogP contribution is -2.31. The normalized spacial score (nSPS) is 14.2. The van der Waals surface area contributed by atoms with Crippen LogP contribution >= 0.6 is 11.6 Å². The number of aryl methyl sites for hydroxylation is 2. The number of hydrogen-bond acceptors (Lipinski definition) is 4. The average molecular weight is 346 g/mol. The first-order valence-corrected chi connectivity index (χ1v) is 8.09. The third-order valence-electron chi connectivity index (χ3n) is 4.52. The van der Waals surface area contributed by atoms with Crippen molar-refractivity contribution in [1.29, 1.82) is 0 Å². The molecule has 24 heavy (non-hydrogen) atoms. The quantitative estimate of drug-likeness (QED) is 0.731. The van der Waals surface area contributed by atoms with Gasteiger partial charge in [0, 0.05) is 30.8 Å². The summed E-state index contributed by atoms with van der Waals surface area (Å²) in [6.07, 6.45) is 0.868. The third kappa shape index (κ3) is 2.01. The molecule has 3 aromatic rings. The summed E-state index contributed by atoms with van der Waals surface area (Å²) in [7, 11) is 1.61. The van der Waals surface area contributed by atoms with E-state index in [2.05, 4.69) is 14.9 Å². The number of benzene rings is 1. The second kappa shape index (κ2) is 5.24. The Labute approximate surface area is 142 Å². The number of H-pyrrole nitrogens is 1. The highest BCUT2D eigenvalue weighted by Gasteiger charge is 2.26. The number of fused-ring (bicyclic) bond motifs is 3. The summed E-state index contributed by atoms with van der Waals surface area (Å²) in [4.78, 5) is 33.1. The van der Waals surface area contributed by atoms with Crippen molar-refractivity contribution in [3.05, 3.63) is 49.6 Å². The van der Waals surface area contributed by atoms with Crippen LogP contribution in [0.3, 0.4) is 0 Å². The molecule has 3 heterocycles. The van der Waals surface area contributed by atoms with Gasteiger partial charge in [-0.1, -0.05) is 17.7 Å². The van der Waals surface area contributed by atoms with Crippen LogP contribution < -0.4 is 16.1 Å². The van der Waals surface area contributed by atoms with Gasteiger partial charge in [-0.2, -0.15) is 4.98 Å². The number of halogens is 1. The van der Waals surface area contributed by atoms with Gasteiger partial charge in [0.15, 0.2) is 11.2 Å². The summed E-state index contributed by atoms with van der Waals surface area (Å²) in [6, 6.07) is 5.73. The van der Waals surface area contributed by atoms with Crippen LogP contribution in [0.5, 0.6) is 0 Å². The molecule has 4 rings (SSSR count). The van der Waals surface area contributed by atoms with E-state index >= 15 is 0 Å². The zero-order valence-corrected chi connectivity index (χ0v) is 14.1. The SMILES string of the molecule is Cc1c(Cl)cccc1N1CCCn2c1nc1c2c(=O)[nH]c(=O)n1C. The highest BCUT2D eigenvalue weighted by Crippen LogP contribution is 2.34. The van der Waals surface area contributed by atoms with E-state index in [9.17, 15) is 9.59 Å². The van der Waals surface area contributed by atoms with Crippen LogP contribution in [0.4, 0.5) is 11.6 Å². The Morgan fingerprint density at radius 2 is 2.04 bits per heavy atom. The van der Waals surface area contributed by atoms with Gasteiger partial charge < -0.3 is 9.47 Å². The van der Waals surface area contributed by atoms with E-state index in [1.807, 2.05) is 29.7 Å². The van der Waals surface area contributed by atoms with Crippen molar-refractivity contribution in [3.63, 3.8) is 0 Å². The van der Waals surface area contributed by atoms with E-state index in [4.69, 9.17) is 11.6 Å². The average Bonchev–Trinajstić information content (AvgIpc) is 2.95. The molecule has 1 N–H and O–H groups in total. The lowest BCUT2D eigenvalue weighted by molar-refractivity contribution is 0.602. The van der Waals surface area contributed by atoms with Crippen molar-refractivity contribution < 1.29 is 0 Å². The summed E-state index contributed by atoms with van der Waals surface area (Å²) >= 11 is 6.26. The second-order valence-corrected chi connectivity index (χ2v) is 6.35. The molecule has 1 aliphatic rings. The molecule has 0 saturated heterocycles. The number of anilines is 2. The summed E-state index contributed by atoms with van der Waals surface area (Å²) in [5.41, 5.74) is 1.87. The van der Waals surface area contributed by atoms with Crippen LogP contribution in [0.25, 0.3) is 11.2 Å². The minimum atomic E-state index is -0.464. The van der Waals surface area contributed by atoms with Crippen molar-refractivity contribution in [2.75, 3.05) is 11.4 Å². The van der Waals surface area contributed by atoms with Crippen molar-refractivity contribution in [1.82, 2.24) is 19.1 Å². The first kappa shape index (κ1) is 15.0. The molecule has 124 valence electrons. The minimum Gasteiger partial charge on any atom is -0.312 e. The fourth-order valence-corrected chi connectivity index (χ4v) is 3.41. The fraction of sp³-hybridized carbons (Fsp3) is 0.312. The van der Waals surface area contributed by atoms with Gasteiger partial charge in [-0.15, -0.1) is 0 Å². The molecular weight excluding hydrogens is 330 g/mol. The van der Waals surface area contributed by atoms with Crippen LogP contribution in [-0.4, -0.2) is 25.6 Å². The third-order valence-corrected chi connectivity index (χ3v) is 4.93. The topological polar surface area (TPSA) is 75.9 Å². The maximum absolute atomic E-state index is 12.3. The molecule has 0 unspecified atom stereocenters. The Balaban J connectivity index is 2.02. The van der Waals surface area contributed by atoms with E-state index in [1.165, 1.54) is 4.57 Å². The molecule has 0 amide bonds. The molecular formula is C16H16ClN5O2. The van der Waals surface area contributed by atoms with Crippen molar-refractivity contribution in [2.45, 2.75) is 19.9 Å². The van der Waals surface area contributed by atoms with Crippen LogP contribution in [0, 0.1) is 6.92 Å². The Bertz CT molecular complexity index is 1080. The molecule has 8 heteroatoms. The van der Waals surface area contributed by atoms with Gasteiger partial charge in [-0.3, -0.25) is 14.3 Å². The fourth-order valence-electron chi connectivity index (χ4n) is 3.24. The van der Waals surface area contributed by atoms with Crippen LogP contribution in [0.15, 0.2) is 27.8 Å². The van der Waals surface area contributed by atoms with Crippen LogP contribution in [0.1, 0.15) is 12.0 Å². The molecule has 1 aromatic carbocycles. The van der Waals surface area contributed by atoms with E-state index < -0.39 is 11.2 Å². The van der Waals surface area contributed by atoms with Crippen LogP contribution in [-0.2, 0) is 13.6 Å². The number of imidazole rings is 1. The lowest BCUT2D eigenvalue weighted by Gasteiger charge is -2.30. The van der Waals surface area contributed by atoms with E-state index in [-0.39, 0.29) is 0 Å². The summed E-state index contributed by atoms with van der Waals surface area (Å²) in [5.74, 6) is 0.660. The number of nitrogens with one attached hydrogen (secondary N) is 1. The maximum Gasteiger partial charge on any atom is 0.329 e. The monoisotopic (exact) mass is 345 g/mol. The largest absolute Gasteiger partial charge is 0.329 e. The van der Waals surface area contributed by atoms with Crippen molar-refractivity contribution >= 4 is 34.4 Å². The minimum absolute atomic E-state index is 0.394. The van der Waals surface area contributed by atoms with Crippen molar-refractivity contribution in [3.8, 4) is 0 Å². The second-order valence-electron chi connectivity index (χ2n) is 5.94. The Morgan fingerprint density at radius 3 is 2.83 bits per heavy atom. The smallest absolute Gasteiger partial charge is 0.312 e. The van der Waals surface area contributed by atoms with Crippen molar-refractivity contribution in [2.24, 2.45) is 7.05 Å². The molecule has 0 aliphatic carbocycles. The van der Waals surface area contributed by atoms with Gasteiger partial charge in [0.25, 0.3) is 5.56 Å². The highest BCUT2D eigenvalue weighted by atomic mass is 35.5.